The number of carbonyl (C=O) groups excluding carboxylic acids is 2. The van der Waals surface area contributed by atoms with Crippen molar-refractivity contribution in [3.63, 3.8) is 0 Å². The van der Waals surface area contributed by atoms with Crippen LogP contribution in [0.25, 0.3) is 0 Å². The number of fused-ring (bicyclic) bond motifs is 1. The lowest BCUT2D eigenvalue weighted by molar-refractivity contribution is -0.125. The third-order valence-electron chi connectivity index (χ3n) is 3.99. The van der Waals surface area contributed by atoms with Gasteiger partial charge in [0.2, 0.25) is 11.8 Å². The zero-order chi connectivity index (χ0) is 17.3. The molecule has 3 rings (SSSR count). The molecule has 2 amide bonds. The number of anilines is 2. The van der Waals surface area contributed by atoms with E-state index in [0.29, 0.717) is 15.7 Å². The molecule has 2 aromatic rings. The van der Waals surface area contributed by atoms with Crippen LogP contribution in [0.1, 0.15) is 18.9 Å². The van der Waals surface area contributed by atoms with Crippen molar-refractivity contribution in [3.8, 4) is 0 Å². The number of rotatable bonds is 3. The van der Waals surface area contributed by atoms with E-state index in [1.165, 1.54) is 0 Å². The molecular formula is C18H16Cl2N2O2. The zero-order valence-electron chi connectivity index (χ0n) is 13.1. The lowest BCUT2D eigenvalue weighted by Crippen LogP contribution is -2.37. The van der Waals surface area contributed by atoms with Gasteiger partial charge in [-0.1, -0.05) is 41.4 Å². The molecule has 0 spiro atoms. The van der Waals surface area contributed by atoms with Crippen molar-refractivity contribution in [1.29, 1.82) is 0 Å². The first-order chi connectivity index (χ1) is 11.5. The second-order valence-corrected chi connectivity index (χ2v) is 6.64. The van der Waals surface area contributed by atoms with Gasteiger partial charge < -0.3 is 10.2 Å². The van der Waals surface area contributed by atoms with Gasteiger partial charge in [0.05, 0.1) is 10.7 Å². The Morgan fingerprint density at radius 2 is 1.96 bits per heavy atom. The van der Waals surface area contributed by atoms with Crippen LogP contribution in [0.5, 0.6) is 0 Å². The molecule has 6 heteroatoms. The quantitative estimate of drug-likeness (QED) is 0.827. The molecule has 0 fully saturated rings. The molecule has 0 aromatic heterocycles. The number of benzene rings is 2. The number of hydrogen-bond acceptors (Lipinski definition) is 2. The van der Waals surface area contributed by atoms with Gasteiger partial charge in [-0.25, -0.2) is 0 Å². The van der Waals surface area contributed by atoms with E-state index in [-0.39, 0.29) is 18.4 Å². The summed E-state index contributed by atoms with van der Waals surface area (Å²) in [5, 5.41) is 3.48. The molecule has 1 atom stereocenters. The highest BCUT2D eigenvalue weighted by Crippen LogP contribution is 2.32. The maximum Gasteiger partial charge on any atom is 0.236 e. The summed E-state index contributed by atoms with van der Waals surface area (Å²) in [6, 6.07) is 12.6. The van der Waals surface area contributed by atoms with E-state index >= 15 is 0 Å². The van der Waals surface area contributed by atoms with Crippen LogP contribution >= 0.6 is 23.2 Å². The summed E-state index contributed by atoms with van der Waals surface area (Å²) >= 11 is 11.9. The largest absolute Gasteiger partial charge is 0.324 e. The van der Waals surface area contributed by atoms with Crippen molar-refractivity contribution < 1.29 is 9.59 Å². The van der Waals surface area contributed by atoms with Gasteiger partial charge in [-0.3, -0.25) is 9.59 Å². The highest BCUT2D eigenvalue weighted by Gasteiger charge is 2.31. The second-order valence-electron chi connectivity index (χ2n) is 5.79. The molecule has 0 aliphatic carbocycles. The van der Waals surface area contributed by atoms with Crippen LogP contribution in [0.4, 0.5) is 11.4 Å². The van der Waals surface area contributed by atoms with Crippen molar-refractivity contribution in [2.24, 2.45) is 0 Å². The number of nitrogens with zero attached hydrogens (tertiary/aromatic N) is 1. The first kappa shape index (κ1) is 16.8. The van der Waals surface area contributed by atoms with Crippen LogP contribution in [0, 0.1) is 0 Å². The summed E-state index contributed by atoms with van der Waals surface area (Å²) in [5.74, 6) is -0.649. The summed E-state index contributed by atoms with van der Waals surface area (Å²) < 4.78 is 0. The second kappa shape index (κ2) is 6.83. The Labute approximate surface area is 150 Å². The number of amides is 2. The Morgan fingerprint density at radius 1 is 1.21 bits per heavy atom. The molecule has 1 unspecified atom stereocenters. The summed E-state index contributed by atoms with van der Waals surface area (Å²) in [4.78, 5) is 26.5. The fraction of sp³-hybridized carbons (Fsp3) is 0.222. The summed E-state index contributed by atoms with van der Waals surface area (Å²) in [6.07, 6.45) is 0.547. The molecule has 0 radical (unpaired) electrons. The molecule has 4 nitrogen and oxygen atoms in total. The van der Waals surface area contributed by atoms with Crippen LogP contribution in [0.2, 0.25) is 10.0 Å². The van der Waals surface area contributed by atoms with Crippen molar-refractivity contribution in [2.75, 3.05) is 10.2 Å². The lowest BCUT2D eigenvalue weighted by atomic mass is 10.1. The van der Waals surface area contributed by atoms with Gasteiger partial charge in [-0.2, -0.15) is 0 Å². The molecular weight excluding hydrogens is 347 g/mol. The third-order valence-corrected chi connectivity index (χ3v) is 4.55. The van der Waals surface area contributed by atoms with Gasteiger partial charge >= 0.3 is 0 Å². The number of para-hydroxylation sites is 1. The Bertz CT molecular complexity index is 807. The highest BCUT2D eigenvalue weighted by molar-refractivity contribution is 6.35. The van der Waals surface area contributed by atoms with E-state index < -0.39 is 5.91 Å². The van der Waals surface area contributed by atoms with Crippen LogP contribution < -0.4 is 10.2 Å². The zero-order valence-corrected chi connectivity index (χ0v) is 14.6. The molecule has 0 bridgehead atoms. The van der Waals surface area contributed by atoms with Crippen LogP contribution in [0.15, 0.2) is 42.5 Å². The SMILES string of the molecule is CC1Cc2ccccc2N1C(=O)CC(=O)Nc1cc(Cl)ccc1Cl. The number of halogens is 2. The van der Waals surface area contributed by atoms with Crippen molar-refractivity contribution in [1.82, 2.24) is 0 Å². The van der Waals surface area contributed by atoms with Gasteiger partial charge in [0, 0.05) is 16.8 Å². The number of nitrogens with one attached hydrogen (secondary N) is 1. The van der Waals surface area contributed by atoms with E-state index in [9.17, 15) is 9.59 Å². The predicted octanol–water partition coefficient (Wildman–Crippen LogP) is 4.30. The molecule has 1 heterocycles. The average Bonchev–Trinajstić information content (AvgIpc) is 2.86. The molecule has 24 heavy (non-hydrogen) atoms. The first-order valence-corrected chi connectivity index (χ1v) is 8.36. The molecule has 1 aliphatic heterocycles. The van der Waals surface area contributed by atoms with Gasteiger partial charge in [0.1, 0.15) is 6.42 Å². The van der Waals surface area contributed by atoms with Gasteiger partial charge in [-0.15, -0.1) is 0 Å². The van der Waals surface area contributed by atoms with E-state index in [0.717, 1.165) is 17.7 Å². The molecule has 1 aliphatic rings. The first-order valence-electron chi connectivity index (χ1n) is 7.60. The predicted molar refractivity (Wildman–Crippen MR) is 96.8 cm³/mol. The fourth-order valence-corrected chi connectivity index (χ4v) is 3.29. The topological polar surface area (TPSA) is 49.4 Å². The van der Waals surface area contributed by atoms with E-state index in [1.54, 1.807) is 23.1 Å². The number of carbonyl (C=O) groups is 2. The van der Waals surface area contributed by atoms with E-state index in [1.807, 2.05) is 31.2 Å². The minimum absolute atomic E-state index is 0.0393. The van der Waals surface area contributed by atoms with E-state index in [4.69, 9.17) is 23.2 Å². The summed E-state index contributed by atoms with van der Waals surface area (Å²) in [6.45, 7) is 1.98. The minimum atomic E-state index is -0.416. The smallest absolute Gasteiger partial charge is 0.236 e. The fourth-order valence-electron chi connectivity index (χ4n) is 2.96. The lowest BCUT2D eigenvalue weighted by Gasteiger charge is -2.22. The minimum Gasteiger partial charge on any atom is -0.324 e. The maximum absolute atomic E-state index is 12.6. The molecule has 2 aromatic carbocycles. The number of hydrogen-bond donors (Lipinski definition) is 1. The standard InChI is InChI=1S/C18H16Cl2N2O2/c1-11-8-12-4-2-3-5-16(12)22(11)18(24)10-17(23)21-15-9-13(19)6-7-14(15)20/h2-7,9,11H,8,10H2,1H3,(H,21,23). The van der Waals surface area contributed by atoms with Crippen LogP contribution in [0.3, 0.4) is 0 Å². The van der Waals surface area contributed by atoms with Crippen molar-refractivity contribution >= 4 is 46.4 Å². The van der Waals surface area contributed by atoms with Crippen molar-refractivity contribution in [2.45, 2.75) is 25.8 Å². The summed E-state index contributed by atoms with van der Waals surface area (Å²) in [7, 11) is 0. The van der Waals surface area contributed by atoms with Crippen molar-refractivity contribution in [3.05, 3.63) is 58.1 Å². The van der Waals surface area contributed by atoms with E-state index in [2.05, 4.69) is 5.32 Å². The Hall–Kier alpha value is -2.04. The van der Waals surface area contributed by atoms with Gasteiger partial charge in [0.15, 0.2) is 0 Å². The molecule has 0 saturated heterocycles. The third kappa shape index (κ3) is 3.40. The highest BCUT2D eigenvalue weighted by atomic mass is 35.5. The van der Waals surface area contributed by atoms with Crippen LogP contribution in [-0.2, 0) is 16.0 Å². The van der Waals surface area contributed by atoms with Gasteiger partial charge in [0.25, 0.3) is 0 Å². The molecule has 1 N–H and O–H groups in total. The Balaban J connectivity index is 1.71. The average molecular weight is 363 g/mol. The summed E-state index contributed by atoms with van der Waals surface area (Å²) in [5.41, 5.74) is 2.40. The normalized spacial score (nSPS) is 16.0. The maximum atomic E-state index is 12.6. The Morgan fingerprint density at radius 3 is 2.75 bits per heavy atom. The van der Waals surface area contributed by atoms with Gasteiger partial charge in [-0.05, 0) is 43.2 Å². The monoisotopic (exact) mass is 362 g/mol. The Kier molecular flexibility index (Phi) is 4.78. The molecule has 124 valence electrons. The molecule has 0 saturated carbocycles. The van der Waals surface area contributed by atoms with Crippen LogP contribution in [-0.4, -0.2) is 17.9 Å².